The molecule has 0 bridgehead atoms. The lowest BCUT2D eigenvalue weighted by molar-refractivity contribution is -0.138. The molecule has 0 atom stereocenters. The number of rotatable bonds is 6. The van der Waals surface area contributed by atoms with Gasteiger partial charge < -0.3 is 19.5 Å². The number of hydrogen-bond donors (Lipinski definition) is 1. The maximum Gasteiger partial charge on any atom is 0.304 e. The summed E-state index contributed by atoms with van der Waals surface area (Å²) < 4.78 is 11.2. The van der Waals surface area contributed by atoms with Crippen LogP contribution in [0.2, 0.25) is 0 Å². The number of carboxylic acid groups (broad SMARTS) is 1. The van der Waals surface area contributed by atoms with Gasteiger partial charge in [0, 0.05) is 30.1 Å². The van der Waals surface area contributed by atoms with Gasteiger partial charge in [-0.15, -0.1) is 0 Å². The Kier molecular flexibility index (Phi) is 5.39. The number of benzene rings is 1. The SMILES string of the molecule is COc1cc(C(C)(C)CC(=O)O)c(OC)cc1N1CCCCC1. The maximum absolute atomic E-state index is 11.2. The molecule has 0 aromatic heterocycles. The summed E-state index contributed by atoms with van der Waals surface area (Å²) in [6.07, 6.45) is 3.66. The van der Waals surface area contributed by atoms with Crippen molar-refractivity contribution in [3.63, 3.8) is 0 Å². The van der Waals surface area contributed by atoms with Crippen LogP contribution in [0.1, 0.15) is 45.1 Å². The number of carbonyl (C=O) groups is 1. The van der Waals surface area contributed by atoms with E-state index in [0.29, 0.717) is 0 Å². The van der Waals surface area contributed by atoms with Gasteiger partial charge in [0.2, 0.25) is 0 Å². The van der Waals surface area contributed by atoms with Gasteiger partial charge in [0.05, 0.1) is 26.3 Å². The zero-order valence-electron chi connectivity index (χ0n) is 14.5. The highest BCUT2D eigenvalue weighted by molar-refractivity contribution is 5.71. The van der Waals surface area contributed by atoms with E-state index >= 15 is 0 Å². The van der Waals surface area contributed by atoms with E-state index in [1.165, 1.54) is 19.3 Å². The summed E-state index contributed by atoms with van der Waals surface area (Å²) in [6, 6.07) is 3.93. The second kappa shape index (κ2) is 7.11. The van der Waals surface area contributed by atoms with Gasteiger partial charge in [0.1, 0.15) is 11.5 Å². The summed E-state index contributed by atoms with van der Waals surface area (Å²) in [5, 5.41) is 9.18. The van der Waals surface area contributed by atoms with Gasteiger partial charge in [0.25, 0.3) is 0 Å². The molecule has 23 heavy (non-hydrogen) atoms. The predicted molar refractivity (Wildman–Crippen MR) is 90.9 cm³/mol. The molecule has 1 N–H and O–H groups in total. The molecule has 1 fully saturated rings. The second-order valence-electron chi connectivity index (χ2n) is 6.73. The smallest absolute Gasteiger partial charge is 0.304 e. The van der Waals surface area contributed by atoms with Crippen molar-refractivity contribution in [1.29, 1.82) is 0 Å². The molecule has 0 unspecified atom stereocenters. The van der Waals surface area contributed by atoms with Crippen LogP contribution < -0.4 is 14.4 Å². The Labute approximate surface area is 138 Å². The first-order valence-electron chi connectivity index (χ1n) is 8.12. The van der Waals surface area contributed by atoms with Crippen molar-refractivity contribution < 1.29 is 19.4 Å². The molecule has 0 amide bonds. The number of nitrogens with zero attached hydrogens (tertiary/aromatic N) is 1. The Morgan fingerprint density at radius 1 is 1.13 bits per heavy atom. The van der Waals surface area contributed by atoms with E-state index in [0.717, 1.165) is 35.8 Å². The van der Waals surface area contributed by atoms with Gasteiger partial charge in [0.15, 0.2) is 0 Å². The van der Waals surface area contributed by atoms with E-state index in [4.69, 9.17) is 9.47 Å². The van der Waals surface area contributed by atoms with Crippen LogP contribution in [0.15, 0.2) is 12.1 Å². The topological polar surface area (TPSA) is 59.0 Å². The van der Waals surface area contributed by atoms with Crippen molar-refractivity contribution in [3.8, 4) is 11.5 Å². The van der Waals surface area contributed by atoms with Gasteiger partial charge in [-0.05, 0) is 25.3 Å². The molecule has 5 heteroatoms. The summed E-state index contributed by atoms with van der Waals surface area (Å²) in [5.41, 5.74) is 1.35. The number of ether oxygens (including phenoxy) is 2. The van der Waals surface area contributed by atoms with E-state index in [1.807, 2.05) is 26.0 Å². The fraction of sp³-hybridized carbons (Fsp3) is 0.611. The van der Waals surface area contributed by atoms with Crippen molar-refractivity contribution in [1.82, 2.24) is 0 Å². The van der Waals surface area contributed by atoms with Gasteiger partial charge in [-0.3, -0.25) is 4.79 Å². The molecule has 0 saturated carbocycles. The Balaban J connectivity index is 2.46. The number of anilines is 1. The van der Waals surface area contributed by atoms with Crippen molar-refractivity contribution in [2.45, 2.75) is 44.9 Å². The summed E-state index contributed by atoms with van der Waals surface area (Å²) >= 11 is 0. The molecule has 2 rings (SSSR count). The minimum atomic E-state index is -0.823. The van der Waals surface area contributed by atoms with Gasteiger partial charge in [-0.25, -0.2) is 0 Å². The van der Waals surface area contributed by atoms with Crippen LogP contribution in [0.3, 0.4) is 0 Å². The quantitative estimate of drug-likeness (QED) is 0.869. The third kappa shape index (κ3) is 3.89. The third-order valence-corrected chi connectivity index (χ3v) is 4.52. The highest BCUT2D eigenvalue weighted by atomic mass is 16.5. The predicted octanol–water partition coefficient (Wildman–Crippen LogP) is 3.45. The van der Waals surface area contributed by atoms with Gasteiger partial charge >= 0.3 is 5.97 Å². The van der Waals surface area contributed by atoms with Crippen molar-refractivity contribution in [2.24, 2.45) is 0 Å². The minimum absolute atomic E-state index is 0.0373. The van der Waals surface area contributed by atoms with E-state index in [9.17, 15) is 9.90 Å². The fourth-order valence-electron chi connectivity index (χ4n) is 3.27. The molecule has 5 nitrogen and oxygen atoms in total. The number of piperidine rings is 1. The third-order valence-electron chi connectivity index (χ3n) is 4.52. The molecule has 1 aromatic rings. The van der Waals surface area contributed by atoms with E-state index < -0.39 is 11.4 Å². The summed E-state index contributed by atoms with van der Waals surface area (Å²) in [7, 11) is 3.28. The second-order valence-corrected chi connectivity index (χ2v) is 6.73. The van der Waals surface area contributed by atoms with Crippen LogP contribution in [-0.4, -0.2) is 38.4 Å². The molecule has 0 aliphatic carbocycles. The Morgan fingerprint density at radius 3 is 2.26 bits per heavy atom. The maximum atomic E-state index is 11.2. The molecule has 1 aliphatic heterocycles. The number of carboxylic acids is 1. The highest BCUT2D eigenvalue weighted by Gasteiger charge is 2.30. The zero-order chi connectivity index (χ0) is 17.0. The lowest BCUT2D eigenvalue weighted by Gasteiger charge is -2.32. The fourth-order valence-corrected chi connectivity index (χ4v) is 3.27. The first-order chi connectivity index (χ1) is 10.9. The van der Waals surface area contributed by atoms with Crippen LogP contribution in [0.25, 0.3) is 0 Å². The minimum Gasteiger partial charge on any atom is -0.496 e. The molecule has 128 valence electrons. The zero-order valence-corrected chi connectivity index (χ0v) is 14.5. The Morgan fingerprint density at radius 2 is 1.74 bits per heavy atom. The standard InChI is InChI=1S/C18H27NO4/c1-18(2,12-17(20)21)13-10-16(23-4)14(11-15(13)22-3)19-8-6-5-7-9-19/h10-11H,5-9,12H2,1-4H3,(H,20,21). The summed E-state index contributed by atoms with van der Waals surface area (Å²) in [4.78, 5) is 13.5. The molecule has 1 aliphatic rings. The number of aliphatic carboxylic acids is 1. The van der Waals surface area contributed by atoms with Crippen LogP contribution >= 0.6 is 0 Å². The highest BCUT2D eigenvalue weighted by Crippen LogP contribution is 2.42. The molecular formula is C18H27NO4. The van der Waals surface area contributed by atoms with Gasteiger partial charge in [-0.1, -0.05) is 13.8 Å². The number of methoxy groups -OCH3 is 2. The first kappa shape index (κ1) is 17.4. The largest absolute Gasteiger partial charge is 0.496 e. The molecular weight excluding hydrogens is 294 g/mol. The van der Waals surface area contributed by atoms with Crippen LogP contribution in [0.4, 0.5) is 5.69 Å². The average Bonchev–Trinajstić information content (AvgIpc) is 2.53. The van der Waals surface area contributed by atoms with Crippen LogP contribution in [0.5, 0.6) is 11.5 Å². The summed E-state index contributed by atoms with van der Waals surface area (Å²) in [5.74, 6) is 0.676. The molecule has 1 saturated heterocycles. The first-order valence-corrected chi connectivity index (χ1v) is 8.12. The van der Waals surface area contributed by atoms with Crippen LogP contribution in [-0.2, 0) is 10.2 Å². The average molecular weight is 321 g/mol. The lowest BCUT2D eigenvalue weighted by atomic mass is 9.80. The van der Waals surface area contributed by atoms with E-state index in [2.05, 4.69) is 4.90 Å². The van der Waals surface area contributed by atoms with Gasteiger partial charge in [-0.2, -0.15) is 0 Å². The lowest BCUT2D eigenvalue weighted by Crippen LogP contribution is -2.30. The van der Waals surface area contributed by atoms with Crippen LogP contribution in [0, 0.1) is 0 Å². The van der Waals surface area contributed by atoms with Crippen molar-refractivity contribution in [3.05, 3.63) is 17.7 Å². The summed E-state index contributed by atoms with van der Waals surface area (Å²) in [6.45, 7) is 5.85. The monoisotopic (exact) mass is 321 g/mol. The normalized spacial score (nSPS) is 15.4. The van der Waals surface area contributed by atoms with Crippen molar-refractivity contribution in [2.75, 3.05) is 32.2 Å². The van der Waals surface area contributed by atoms with Crippen molar-refractivity contribution >= 4 is 11.7 Å². The Hall–Kier alpha value is -1.91. The number of hydrogen-bond acceptors (Lipinski definition) is 4. The molecule has 1 aromatic carbocycles. The molecule has 0 spiro atoms. The molecule has 0 radical (unpaired) electrons. The van der Waals surface area contributed by atoms with E-state index in [1.54, 1.807) is 14.2 Å². The molecule has 1 heterocycles. The van der Waals surface area contributed by atoms with E-state index in [-0.39, 0.29) is 6.42 Å². The Bertz CT molecular complexity index is 562.